The highest BCUT2D eigenvalue weighted by molar-refractivity contribution is 5.85. The van der Waals surface area contributed by atoms with Crippen molar-refractivity contribution in [3.8, 4) is 0 Å². The van der Waals surface area contributed by atoms with E-state index in [-0.39, 0.29) is 18.4 Å². The summed E-state index contributed by atoms with van der Waals surface area (Å²) >= 11 is 0. The van der Waals surface area contributed by atoms with E-state index < -0.39 is 0 Å². The number of rotatable bonds is 2. The number of nitrogens with two attached hydrogens (primary N) is 2. The second kappa shape index (κ2) is 4.74. The fourth-order valence-electron chi connectivity index (χ4n) is 0.839. The summed E-state index contributed by atoms with van der Waals surface area (Å²) in [6, 6.07) is 3.42. The topological polar surface area (TPSA) is 64.9 Å². The Kier molecular flexibility index (Phi) is 4.33. The van der Waals surface area contributed by atoms with Crippen molar-refractivity contribution in [1.82, 2.24) is 4.98 Å². The molecule has 0 unspecified atom stereocenters. The molecule has 3 nitrogen and oxygen atoms in total. The van der Waals surface area contributed by atoms with Gasteiger partial charge >= 0.3 is 0 Å². The van der Waals surface area contributed by atoms with Crippen LogP contribution in [0.1, 0.15) is 11.6 Å². The predicted molar refractivity (Wildman–Crippen MR) is 53.0 cm³/mol. The van der Waals surface area contributed by atoms with Crippen LogP contribution in [0.5, 0.6) is 0 Å². The van der Waals surface area contributed by atoms with Gasteiger partial charge in [-0.2, -0.15) is 0 Å². The third-order valence-electron chi connectivity index (χ3n) is 1.48. The lowest BCUT2D eigenvalue weighted by atomic mass is 10.1. The Morgan fingerprint density at radius 1 is 1.58 bits per heavy atom. The first-order valence-electron chi connectivity index (χ1n) is 3.34. The van der Waals surface area contributed by atoms with Gasteiger partial charge in [-0.25, -0.2) is 4.98 Å². The van der Waals surface area contributed by atoms with Gasteiger partial charge in [0.25, 0.3) is 0 Å². The Bertz CT molecular complexity index is 262. The molecule has 0 aliphatic rings. The van der Waals surface area contributed by atoms with Gasteiger partial charge in [0.2, 0.25) is 0 Å². The first kappa shape index (κ1) is 10.9. The summed E-state index contributed by atoms with van der Waals surface area (Å²) in [6.07, 6.45) is 3.27. The summed E-state index contributed by atoms with van der Waals surface area (Å²) in [5.41, 5.74) is 12.0. The summed E-state index contributed by atoms with van der Waals surface area (Å²) in [5.74, 6) is 0.472. The molecule has 0 radical (unpaired) electrons. The standard InChI is InChI=1S/C8H11N3.ClH/c1-2-7(9)6-4-3-5-11-8(6)10;/h2-5,7H,1,9H2,(H2,10,11);1H/t7-;/m1./s1. The van der Waals surface area contributed by atoms with Crippen molar-refractivity contribution in [1.29, 1.82) is 0 Å². The molecule has 0 aliphatic carbocycles. The van der Waals surface area contributed by atoms with E-state index in [1.54, 1.807) is 18.3 Å². The van der Waals surface area contributed by atoms with E-state index >= 15 is 0 Å². The van der Waals surface area contributed by atoms with Gasteiger partial charge in [-0.1, -0.05) is 12.1 Å². The van der Waals surface area contributed by atoms with Gasteiger partial charge in [-0.3, -0.25) is 0 Å². The van der Waals surface area contributed by atoms with Crippen LogP contribution < -0.4 is 11.5 Å². The van der Waals surface area contributed by atoms with Crippen LogP contribution in [0.2, 0.25) is 0 Å². The number of nitrogens with zero attached hydrogens (tertiary/aromatic N) is 1. The maximum atomic E-state index is 5.66. The van der Waals surface area contributed by atoms with E-state index in [9.17, 15) is 0 Å². The summed E-state index contributed by atoms with van der Waals surface area (Å²) in [6.45, 7) is 3.57. The van der Waals surface area contributed by atoms with Crippen LogP contribution >= 0.6 is 12.4 Å². The van der Waals surface area contributed by atoms with Crippen LogP contribution in [-0.4, -0.2) is 4.98 Å². The van der Waals surface area contributed by atoms with Crippen LogP contribution in [0.4, 0.5) is 5.82 Å². The fraction of sp³-hybridized carbons (Fsp3) is 0.125. The largest absolute Gasteiger partial charge is 0.383 e. The Labute approximate surface area is 77.9 Å². The molecule has 0 aromatic carbocycles. The van der Waals surface area contributed by atoms with Gasteiger partial charge in [0.1, 0.15) is 5.82 Å². The maximum Gasteiger partial charge on any atom is 0.128 e. The Morgan fingerprint density at radius 2 is 2.25 bits per heavy atom. The average molecular weight is 186 g/mol. The number of hydrogen-bond donors (Lipinski definition) is 2. The Morgan fingerprint density at radius 3 is 2.75 bits per heavy atom. The fourth-order valence-corrected chi connectivity index (χ4v) is 0.839. The average Bonchev–Trinajstić information content (AvgIpc) is 2.04. The van der Waals surface area contributed by atoms with Crippen molar-refractivity contribution in [2.45, 2.75) is 6.04 Å². The third kappa shape index (κ3) is 2.22. The van der Waals surface area contributed by atoms with Gasteiger partial charge in [-0.15, -0.1) is 19.0 Å². The molecule has 0 saturated heterocycles. The molecule has 12 heavy (non-hydrogen) atoms. The minimum absolute atomic E-state index is 0. The van der Waals surface area contributed by atoms with Gasteiger partial charge in [0.05, 0.1) is 6.04 Å². The van der Waals surface area contributed by atoms with Crippen LogP contribution in [0.3, 0.4) is 0 Å². The van der Waals surface area contributed by atoms with E-state index in [0.29, 0.717) is 5.82 Å². The van der Waals surface area contributed by atoms with Gasteiger partial charge in [-0.05, 0) is 6.07 Å². The molecular formula is C8H12ClN3. The smallest absolute Gasteiger partial charge is 0.128 e. The number of hydrogen-bond acceptors (Lipinski definition) is 3. The predicted octanol–water partition coefficient (Wildman–Crippen LogP) is 1.27. The Balaban J connectivity index is 0.00000121. The summed E-state index contributed by atoms with van der Waals surface area (Å²) in [4.78, 5) is 3.90. The number of anilines is 1. The molecule has 4 heteroatoms. The van der Waals surface area contributed by atoms with Crippen molar-refractivity contribution < 1.29 is 0 Å². The van der Waals surface area contributed by atoms with Crippen molar-refractivity contribution in [3.63, 3.8) is 0 Å². The molecule has 4 N–H and O–H groups in total. The first-order valence-corrected chi connectivity index (χ1v) is 3.34. The molecule has 0 saturated carbocycles. The van der Waals surface area contributed by atoms with Crippen LogP contribution in [-0.2, 0) is 0 Å². The maximum absolute atomic E-state index is 5.66. The normalized spacial score (nSPS) is 11.4. The summed E-state index contributed by atoms with van der Waals surface area (Å²) in [7, 11) is 0. The number of nitrogen functional groups attached to an aromatic ring is 1. The molecule has 0 bridgehead atoms. The van der Waals surface area contributed by atoms with Crippen molar-refractivity contribution in [2.75, 3.05) is 5.73 Å². The van der Waals surface area contributed by atoms with E-state index in [2.05, 4.69) is 11.6 Å². The van der Waals surface area contributed by atoms with Crippen molar-refractivity contribution >= 4 is 18.2 Å². The highest BCUT2D eigenvalue weighted by Crippen LogP contribution is 2.15. The van der Waals surface area contributed by atoms with E-state index in [4.69, 9.17) is 11.5 Å². The van der Waals surface area contributed by atoms with Crippen LogP contribution in [0, 0.1) is 0 Å². The highest BCUT2D eigenvalue weighted by Gasteiger charge is 2.04. The molecule has 0 aliphatic heterocycles. The zero-order valence-corrected chi connectivity index (χ0v) is 7.42. The lowest BCUT2D eigenvalue weighted by Crippen LogP contribution is -2.09. The van der Waals surface area contributed by atoms with Gasteiger partial charge in [0, 0.05) is 11.8 Å². The zero-order chi connectivity index (χ0) is 8.27. The van der Waals surface area contributed by atoms with Crippen molar-refractivity contribution in [2.24, 2.45) is 5.73 Å². The van der Waals surface area contributed by atoms with Gasteiger partial charge in [0.15, 0.2) is 0 Å². The lowest BCUT2D eigenvalue weighted by Gasteiger charge is -2.07. The second-order valence-corrected chi connectivity index (χ2v) is 2.24. The lowest BCUT2D eigenvalue weighted by molar-refractivity contribution is 0.909. The van der Waals surface area contributed by atoms with Crippen molar-refractivity contribution in [3.05, 3.63) is 36.5 Å². The molecule has 0 spiro atoms. The van der Waals surface area contributed by atoms with Crippen LogP contribution in [0.25, 0.3) is 0 Å². The van der Waals surface area contributed by atoms with Crippen LogP contribution in [0.15, 0.2) is 31.0 Å². The second-order valence-electron chi connectivity index (χ2n) is 2.24. The molecular weight excluding hydrogens is 174 g/mol. The molecule has 1 atom stereocenters. The van der Waals surface area contributed by atoms with Gasteiger partial charge < -0.3 is 11.5 Å². The highest BCUT2D eigenvalue weighted by atomic mass is 35.5. The molecule has 1 aromatic heterocycles. The number of pyridine rings is 1. The third-order valence-corrected chi connectivity index (χ3v) is 1.48. The molecule has 0 fully saturated rings. The summed E-state index contributed by atoms with van der Waals surface area (Å²) < 4.78 is 0. The van der Waals surface area contributed by atoms with E-state index in [1.807, 2.05) is 6.07 Å². The summed E-state index contributed by atoms with van der Waals surface area (Å²) in [5, 5.41) is 0. The SMILES string of the molecule is C=C[C@@H](N)c1cccnc1N.Cl. The molecule has 0 amide bonds. The minimum atomic E-state index is -0.219. The molecule has 66 valence electrons. The number of aromatic nitrogens is 1. The molecule has 1 aromatic rings. The first-order chi connectivity index (χ1) is 5.25. The van der Waals surface area contributed by atoms with E-state index in [0.717, 1.165) is 5.56 Å². The van der Waals surface area contributed by atoms with E-state index in [1.165, 1.54) is 0 Å². The zero-order valence-electron chi connectivity index (χ0n) is 6.60. The minimum Gasteiger partial charge on any atom is -0.383 e. The quantitative estimate of drug-likeness (QED) is 0.683. The molecule has 1 rings (SSSR count). The monoisotopic (exact) mass is 185 g/mol. The number of halogens is 1. The molecule has 1 heterocycles. The Hall–Kier alpha value is -1.06.